The van der Waals surface area contributed by atoms with Crippen LogP contribution in [0.5, 0.6) is 0 Å². The second kappa shape index (κ2) is 12.4. The van der Waals surface area contributed by atoms with Crippen LogP contribution in [-0.2, 0) is 0 Å². The summed E-state index contributed by atoms with van der Waals surface area (Å²) in [5.74, 6) is 1.08. The first-order valence-corrected chi connectivity index (χ1v) is 19.0. The molecule has 2 heteroatoms. The Morgan fingerprint density at radius 2 is 0.900 bits per heavy atom. The first kappa shape index (κ1) is 29.8. The molecule has 0 unspecified atom stereocenters. The summed E-state index contributed by atoms with van der Waals surface area (Å²) in [5, 5.41) is 10.3. The lowest BCUT2D eigenvalue weighted by molar-refractivity contribution is 0.437. The van der Waals surface area contributed by atoms with Crippen molar-refractivity contribution in [2.75, 3.05) is 0 Å². The average Bonchev–Trinajstić information content (AvgIpc) is 3.21. The highest BCUT2D eigenvalue weighted by molar-refractivity contribution is 6.25. The molecule has 2 aromatic heterocycles. The fourth-order valence-corrected chi connectivity index (χ4v) is 9.33. The summed E-state index contributed by atoms with van der Waals surface area (Å²) in [4.78, 5) is 10.9. The Bertz CT molecular complexity index is 2530. The van der Waals surface area contributed by atoms with Gasteiger partial charge in [0.25, 0.3) is 0 Å². The summed E-state index contributed by atoms with van der Waals surface area (Å²) in [6.45, 7) is 0. The minimum Gasteiger partial charge on any atom is -0.250 e. The van der Waals surface area contributed by atoms with Gasteiger partial charge in [-0.15, -0.1) is 0 Å². The van der Waals surface area contributed by atoms with Crippen molar-refractivity contribution < 1.29 is 0 Å². The van der Waals surface area contributed by atoms with Gasteiger partial charge in [0.15, 0.2) is 0 Å². The fourth-order valence-electron chi connectivity index (χ4n) is 9.33. The molecule has 2 fully saturated rings. The molecule has 0 radical (unpaired) electrons. The van der Waals surface area contributed by atoms with Gasteiger partial charge in [-0.2, -0.15) is 0 Å². The molecule has 6 aromatic carbocycles. The largest absolute Gasteiger partial charge is 0.250 e. The highest BCUT2D eigenvalue weighted by Crippen LogP contribution is 2.41. The first-order valence-electron chi connectivity index (χ1n) is 19.0. The predicted molar refractivity (Wildman–Crippen MR) is 212 cm³/mol. The molecule has 2 saturated carbocycles. The molecule has 0 bridgehead atoms. The van der Waals surface area contributed by atoms with Crippen molar-refractivity contribution in [1.29, 1.82) is 0 Å². The van der Waals surface area contributed by atoms with Gasteiger partial charge in [0, 0.05) is 34.0 Å². The average molecular weight is 647 g/mol. The molecule has 0 aliphatic heterocycles. The highest BCUT2D eigenvalue weighted by atomic mass is 14.8. The van der Waals surface area contributed by atoms with Gasteiger partial charge in [-0.1, -0.05) is 136 Å². The summed E-state index contributed by atoms with van der Waals surface area (Å²) >= 11 is 0. The molecule has 2 aliphatic carbocycles. The lowest BCUT2D eigenvalue weighted by Gasteiger charge is -2.23. The molecule has 0 atom stereocenters. The van der Waals surface area contributed by atoms with Gasteiger partial charge in [0.05, 0.1) is 11.0 Å². The van der Waals surface area contributed by atoms with Crippen molar-refractivity contribution in [2.24, 2.45) is 0 Å². The Morgan fingerprint density at radius 3 is 1.60 bits per heavy atom. The molecule has 0 amide bonds. The quantitative estimate of drug-likeness (QED) is 0.178. The van der Waals surface area contributed by atoms with Crippen molar-refractivity contribution in [3.05, 3.63) is 133 Å². The molecule has 10 rings (SSSR count). The highest BCUT2D eigenvalue weighted by Gasteiger charge is 2.22. The maximum atomic E-state index is 5.51. The van der Waals surface area contributed by atoms with Crippen LogP contribution in [0.25, 0.3) is 76.4 Å². The Balaban J connectivity index is 1.15. The van der Waals surface area contributed by atoms with Crippen molar-refractivity contribution in [1.82, 2.24) is 9.97 Å². The second-order valence-electron chi connectivity index (χ2n) is 15.0. The second-order valence-corrected chi connectivity index (χ2v) is 15.0. The van der Waals surface area contributed by atoms with Gasteiger partial charge in [0.1, 0.15) is 0 Å². The maximum absolute atomic E-state index is 5.51. The zero-order valence-corrected chi connectivity index (χ0v) is 28.7. The van der Waals surface area contributed by atoms with Crippen molar-refractivity contribution >= 4 is 54.1 Å². The number of benzene rings is 6. The SMILES string of the molecule is c1cc(-c2ccc3c4ccccc4c4ccccc4c3c2)cc(-c2cc(C3CCCCC3)nc3c2ccc2ccc(C4CCCCC4)nc23)c1. The summed E-state index contributed by atoms with van der Waals surface area (Å²) in [7, 11) is 0. The van der Waals surface area contributed by atoms with E-state index in [9.17, 15) is 0 Å². The number of hydrogen-bond donors (Lipinski definition) is 0. The summed E-state index contributed by atoms with van der Waals surface area (Å²) in [6, 6.07) is 45.5. The van der Waals surface area contributed by atoms with Crippen LogP contribution in [0.3, 0.4) is 0 Å². The number of rotatable bonds is 4. The van der Waals surface area contributed by atoms with Crippen LogP contribution < -0.4 is 0 Å². The molecule has 50 heavy (non-hydrogen) atoms. The van der Waals surface area contributed by atoms with Crippen molar-refractivity contribution in [2.45, 2.75) is 76.0 Å². The summed E-state index contributed by atoms with van der Waals surface area (Å²) in [5.41, 5.74) is 9.68. The minimum atomic E-state index is 0.510. The van der Waals surface area contributed by atoms with E-state index in [1.807, 2.05) is 0 Å². The number of aromatic nitrogens is 2. The standard InChI is InChI=1S/C48H42N2/c1-3-12-31(13-4-1)45-27-24-33-22-26-42-43(30-46(32-14-5-2-6-15-32)50-48(42)47(33)49-45)36-17-11-16-34(28-36)35-23-25-41-39-20-8-7-18-37(39)38-19-9-10-21-40(38)44(41)29-35/h7-11,16-32H,1-6,12-15H2. The van der Waals surface area contributed by atoms with E-state index in [1.54, 1.807) is 0 Å². The van der Waals surface area contributed by atoms with Crippen LogP contribution in [0.2, 0.25) is 0 Å². The van der Waals surface area contributed by atoms with Crippen LogP contribution in [0.4, 0.5) is 0 Å². The van der Waals surface area contributed by atoms with E-state index in [2.05, 4.69) is 121 Å². The molecule has 8 aromatic rings. The molecule has 2 heterocycles. The third kappa shape index (κ3) is 5.07. The third-order valence-electron chi connectivity index (χ3n) is 12.0. The van der Waals surface area contributed by atoms with Crippen LogP contribution >= 0.6 is 0 Å². The lowest BCUT2D eigenvalue weighted by atomic mass is 9.85. The Hall–Kier alpha value is -5.08. The molecule has 0 saturated heterocycles. The summed E-state index contributed by atoms with van der Waals surface area (Å²) in [6.07, 6.45) is 12.9. The van der Waals surface area contributed by atoms with Crippen LogP contribution in [-0.4, -0.2) is 9.97 Å². The van der Waals surface area contributed by atoms with Gasteiger partial charge in [-0.05, 0) is 105 Å². The van der Waals surface area contributed by atoms with E-state index in [0.29, 0.717) is 11.8 Å². The van der Waals surface area contributed by atoms with E-state index in [-0.39, 0.29) is 0 Å². The van der Waals surface area contributed by atoms with Gasteiger partial charge < -0.3 is 0 Å². The van der Waals surface area contributed by atoms with E-state index in [4.69, 9.17) is 9.97 Å². The Morgan fingerprint density at radius 1 is 0.360 bits per heavy atom. The zero-order valence-electron chi connectivity index (χ0n) is 28.7. The lowest BCUT2D eigenvalue weighted by Crippen LogP contribution is -2.08. The number of nitrogens with zero attached hydrogens (tertiary/aromatic N) is 2. The topological polar surface area (TPSA) is 25.8 Å². The fraction of sp³-hybridized carbons (Fsp3) is 0.250. The van der Waals surface area contributed by atoms with Gasteiger partial charge in [-0.25, -0.2) is 0 Å². The maximum Gasteiger partial charge on any atom is 0.0974 e. The Labute approximate surface area is 294 Å². The van der Waals surface area contributed by atoms with Crippen LogP contribution in [0.15, 0.2) is 121 Å². The molecular weight excluding hydrogens is 605 g/mol. The first-order chi connectivity index (χ1) is 24.8. The van der Waals surface area contributed by atoms with Crippen LogP contribution in [0.1, 0.15) is 87.4 Å². The molecule has 2 nitrogen and oxygen atoms in total. The third-order valence-corrected chi connectivity index (χ3v) is 12.0. The van der Waals surface area contributed by atoms with Gasteiger partial charge >= 0.3 is 0 Å². The minimum absolute atomic E-state index is 0.510. The van der Waals surface area contributed by atoms with Gasteiger partial charge in [-0.3, -0.25) is 9.97 Å². The number of hydrogen-bond acceptors (Lipinski definition) is 2. The molecular formula is C48H42N2. The molecule has 2 aliphatic rings. The van der Waals surface area contributed by atoms with Gasteiger partial charge in [0.2, 0.25) is 0 Å². The smallest absolute Gasteiger partial charge is 0.0974 e. The Kier molecular flexibility index (Phi) is 7.36. The van der Waals surface area contributed by atoms with E-state index in [0.717, 1.165) is 11.0 Å². The van der Waals surface area contributed by atoms with E-state index < -0.39 is 0 Å². The van der Waals surface area contributed by atoms with E-state index in [1.165, 1.54) is 141 Å². The molecule has 0 N–H and O–H groups in total. The summed E-state index contributed by atoms with van der Waals surface area (Å²) < 4.78 is 0. The van der Waals surface area contributed by atoms with E-state index >= 15 is 0 Å². The van der Waals surface area contributed by atoms with Crippen molar-refractivity contribution in [3.63, 3.8) is 0 Å². The number of fused-ring (bicyclic) bond motifs is 9. The monoisotopic (exact) mass is 646 g/mol. The normalized spacial score (nSPS) is 16.2. The van der Waals surface area contributed by atoms with Crippen molar-refractivity contribution in [3.8, 4) is 22.3 Å². The predicted octanol–water partition coefficient (Wildman–Crippen LogP) is 13.7. The molecule has 0 spiro atoms. The van der Waals surface area contributed by atoms with Crippen LogP contribution in [0, 0.1) is 0 Å². The zero-order chi connectivity index (χ0) is 33.0. The number of pyridine rings is 2. The molecule has 244 valence electrons.